The molecule has 1 saturated heterocycles. The van der Waals surface area contributed by atoms with Gasteiger partial charge in [0.25, 0.3) is 0 Å². The highest BCUT2D eigenvalue weighted by atomic mass is 16.5. The molecular weight excluding hydrogens is 396 g/mol. The van der Waals surface area contributed by atoms with Crippen LogP contribution in [0.4, 0.5) is 4.79 Å². The van der Waals surface area contributed by atoms with Gasteiger partial charge in [-0.05, 0) is 25.5 Å². The normalized spacial score (nSPS) is 15.7. The van der Waals surface area contributed by atoms with Crippen LogP contribution in [0.1, 0.15) is 36.1 Å². The third-order valence-corrected chi connectivity index (χ3v) is 4.60. The highest BCUT2D eigenvalue weighted by Crippen LogP contribution is 2.14. The van der Waals surface area contributed by atoms with Gasteiger partial charge in [-0.15, -0.1) is 0 Å². The van der Waals surface area contributed by atoms with Crippen molar-refractivity contribution in [1.82, 2.24) is 15.1 Å². The minimum absolute atomic E-state index is 0.137. The second-order valence-electron chi connectivity index (χ2n) is 6.80. The fourth-order valence-corrected chi connectivity index (χ4v) is 3.18. The van der Waals surface area contributed by atoms with Crippen molar-refractivity contribution >= 4 is 23.9 Å². The van der Waals surface area contributed by atoms with Crippen LogP contribution in [0.2, 0.25) is 0 Å². The fraction of sp³-hybridized carbons (Fsp3) is 0.579. The van der Waals surface area contributed by atoms with E-state index in [9.17, 15) is 19.2 Å². The molecule has 0 radical (unpaired) electrons. The van der Waals surface area contributed by atoms with Gasteiger partial charge in [-0.3, -0.25) is 14.5 Å². The Morgan fingerprint density at radius 3 is 2.63 bits per heavy atom. The zero-order chi connectivity index (χ0) is 22.1. The second kappa shape index (κ2) is 11.2. The minimum atomic E-state index is -1.07. The van der Waals surface area contributed by atoms with Crippen molar-refractivity contribution in [3.8, 4) is 0 Å². The first-order valence-electron chi connectivity index (χ1n) is 9.73. The van der Waals surface area contributed by atoms with Crippen molar-refractivity contribution < 1.29 is 33.1 Å². The van der Waals surface area contributed by atoms with E-state index in [0.29, 0.717) is 44.9 Å². The molecule has 1 fully saturated rings. The van der Waals surface area contributed by atoms with Crippen molar-refractivity contribution in [2.24, 2.45) is 5.73 Å². The molecular formula is C19H28N4O7. The lowest BCUT2D eigenvalue weighted by atomic mass is 10.1. The number of amides is 3. The van der Waals surface area contributed by atoms with Crippen molar-refractivity contribution in [1.29, 1.82) is 0 Å². The van der Waals surface area contributed by atoms with Gasteiger partial charge in [0.05, 0.1) is 26.7 Å². The van der Waals surface area contributed by atoms with E-state index >= 15 is 0 Å². The van der Waals surface area contributed by atoms with Crippen LogP contribution in [0.5, 0.6) is 0 Å². The van der Waals surface area contributed by atoms with E-state index in [0.717, 1.165) is 0 Å². The van der Waals surface area contributed by atoms with Gasteiger partial charge in [-0.25, -0.2) is 9.59 Å². The lowest BCUT2D eigenvalue weighted by Gasteiger charge is -2.26. The number of carbonyl (C=O) groups is 4. The van der Waals surface area contributed by atoms with Crippen molar-refractivity contribution in [2.75, 3.05) is 39.9 Å². The number of furan rings is 1. The number of nitrogens with one attached hydrogen (secondary N) is 1. The number of primary amides is 1. The quantitative estimate of drug-likeness (QED) is 0.559. The summed E-state index contributed by atoms with van der Waals surface area (Å²) in [7, 11) is 1.28. The highest BCUT2D eigenvalue weighted by molar-refractivity contribution is 5.90. The number of ether oxygens (including phenoxy) is 2. The Hall–Kier alpha value is -3.08. The third kappa shape index (κ3) is 6.76. The molecule has 1 atom stereocenters. The Morgan fingerprint density at radius 2 is 1.97 bits per heavy atom. The number of nitrogens with two attached hydrogens (primary N) is 1. The SMILES string of the molecule is CCOC(=O)NC(CC(N)=O)C(=O)N1CCCN(Cc2ccc(C(=O)OC)o2)CC1. The summed E-state index contributed by atoms with van der Waals surface area (Å²) in [6.07, 6.45) is -0.382. The summed E-state index contributed by atoms with van der Waals surface area (Å²) < 4.78 is 14.9. The van der Waals surface area contributed by atoms with Gasteiger partial charge in [0, 0.05) is 26.2 Å². The van der Waals surface area contributed by atoms with Gasteiger partial charge < -0.3 is 29.8 Å². The first-order chi connectivity index (χ1) is 14.3. The van der Waals surface area contributed by atoms with E-state index in [4.69, 9.17) is 14.9 Å². The van der Waals surface area contributed by atoms with E-state index < -0.39 is 24.0 Å². The molecule has 2 rings (SSSR count). The van der Waals surface area contributed by atoms with Crippen LogP contribution < -0.4 is 11.1 Å². The molecule has 11 heteroatoms. The summed E-state index contributed by atoms with van der Waals surface area (Å²) in [5.74, 6) is -0.858. The lowest BCUT2D eigenvalue weighted by Crippen LogP contribution is -2.51. The Labute approximate surface area is 174 Å². The summed E-state index contributed by atoms with van der Waals surface area (Å²) >= 11 is 0. The van der Waals surface area contributed by atoms with Gasteiger partial charge in [0.15, 0.2) is 0 Å². The summed E-state index contributed by atoms with van der Waals surface area (Å²) in [5, 5.41) is 2.41. The standard InChI is InChI=1S/C19H28N4O7/c1-3-29-19(27)21-14(11-16(20)24)17(25)23-8-4-7-22(9-10-23)12-13-5-6-15(30-13)18(26)28-2/h5-6,14H,3-4,7-12H2,1-2H3,(H2,20,24)(H,21,27). The summed E-state index contributed by atoms with van der Waals surface area (Å²) in [5.41, 5.74) is 5.23. The number of methoxy groups -OCH3 is 1. The molecule has 2 heterocycles. The predicted molar refractivity (Wildman–Crippen MR) is 104 cm³/mol. The van der Waals surface area contributed by atoms with E-state index in [-0.39, 0.29) is 24.7 Å². The number of carbonyl (C=O) groups excluding carboxylic acids is 4. The molecule has 1 unspecified atom stereocenters. The molecule has 30 heavy (non-hydrogen) atoms. The number of nitrogens with zero attached hydrogens (tertiary/aromatic N) is 2. The van der Waals surface area contributed by atoms with Crippen LogP contribution in [0.3, 0.4) is 0 Å². The summed E-state index contributed by atoms with van der Waals surface area (Å²) in [6.45, 7) is 4.41. The van der Waals surface area contributed by atoms with Crippen LogP contribution in [0.25, 0.3) is 0 Å². The second-order valence-corrected chi connectivity index (χ2v) is 6.80. The van der Waals surface area contributed by atoms with Crippen molar-refractivity contribution in [2.45, 2.75) is 32.4 Å². The predicted octanol–water partition coefficient (Wildman–Crippen LogP) is 0.0906. The number of hydrogen-bond acceptors (Lipinski definition) is 8. The topological polar surface area (TPSA) is 144 Å². The largest absolute Gasteiger partial charge is 0.463 e. The maximum absolute atomic E-state index is 12.9. The minimum Gasteiger partial charge on any atom is -0.463 e. The molecule has 11 nitrogen and oxygen atoms in total. The Balaban J connectivity index is 1.95. The van der Waals surface area contributed by atoms with Gasteiger partial charge >= 0.3 is 12.1 Å². The molecule has 1 aliphatic rings. The highest BCUT2D eigenvalue weighted by Gasteiger charge is 2.29. The van der Waals surface area contributed by atoms with Crippen LogP contribution in [-0.2, 0) is 25.6 Å². The number of alkyl carbamates (subject to hydrolysis) is 1. The molecule has 0 spiro atoms. The Morgan fingerprint density at radius 1 is 1.20 bits per heavy atom. The van der Waals surface area contributed by atoms with E-state index in [1.165, 1.54) is 7.11 Å². The lowest BCUT2D eigenvalue weighted by molar-refractivity contribution is -0.135. The number of hydrogen-bond donors (Lipinski definition) is 2. The third-order valence-electron chi connectivity index (χ3n) is 4.60. The molecule has 1 aromatic heterocycles. The summed E-state index contributed by atoms with van der Waals surface area (Å²) in [4.78, 5) is 51.1. The smallest absolute Gasteiger partial charge is 0.407 e. The van der Waals surface area contributed by atoms with E-state index in [2.05, 4.69) is 15.0 Å². The average Bonchev–Trinajstić information content (AvgIpc) is 3.04. The Bertz CT molecular complexity index is 764. The van der Waals surface area contributed by atoms with Gasteiger partial charge in [-0.1, -0.05) is 0 Å². The van der Waals surface area contributed by atoms with Gasteiger partial charge in [0.1, 0.15) is 11.8 Å². The number of rotatable bonds is 8. The summed E-state index contributed by atoms with van der Waals surface area (Å²) in [6, 6.07) is 2.21. The van der Waals surface area contributed by atoms with Gasteiger partial charge in [0.2, 0.25) is 17.6 Å². The van der Waals surface area contributed by atoms with E-state index in [1.807, 2.05) is 0 Å². The molecule has 0 aliphatic carbocycles. The fourth-order valence-electron chi connectivity index (χ4n) is 3.18. The maximum atomic E-state index is 12.9. The first-order valence-corrected chi connectivity index (χ1v) is 9.73. The molecule has 0 saturated carbocycles. The molecule has 166 valence electrons. The molecule has 0 aromatic carbocycles. The molecule has 3 amide bonds. The first kappa shape index (κ1) is 23.2. The Kier molecular flexibility index (Phi) is 8.66. The molecule has 1 aromatic rings. The molecule has 0 bridgehead atoms. The van der Waals surface area contributed by atoms with Crippen LogP contribution >= 0.6 is 0 Å². The van der Waals surface area contributed by atoms with Crippen molar-refractivity contribution in [3.05, 3.63) is 23.7 Å². The van der Waals surface area contributed by atoms with E-state index in [1.54, 1.807) is 24.0 Å². The van der Waals surface area contributed by atoms with Gasteiger partial charge in [-0.2, -0.15) is 0 Å². The molecule has 1 aliphatic heterocycles. The van der Waals surface area contributed by atoms with Crippen LogP contribution in [-0.4, -0.2) is 79.6 Å². The monoisotopic (exact) mass is 424 g/mol. The zero-order valence-corrected chi connectivity index (χ0v) is 17.2. The molecule has 3 N–H and O–H groups in total. The van der Waals surface area contributed by atoms with Crippen LogP contribution in [0, 0.1) is 0 Å². The van der Waals surface area contributed by atoms with Crippen molar-refractivity contribution in [3.63, 3.8) is 0 Å². The van der Waals surface area contributed by atoms with Crippen LogP contribution in [0.15, 0.2) is 16.5 Å². The average molecular weight is 424 g/mol. The maximum Gasteiger partial charge on any atom is 0.407 e. The number of esters is 1. The zero-order valence-electron chi connectivity index (χ0n) is 17.2.